The molecule has 160 valence electrons. The summed E-state index contributed by atoms with van der Waals surface area (Å²) in [5.41, 5.74) is 0.729. The van der Waals surface area contributed by atoms with Crippen LogP contribution >= 0.6 is 23.2 Å². The van der Waals surface area contributed by atoms with Crippen molar-refractivity contribution in [2.45, 2.75) is 32.9 Å². The first kappa shape index (κ1) is 21.4. The molecule has 1 aliphatic rings. The highest BCUT2D eigenvalue weighted by atomic mass is 35.5. The second-order valence-electron chi connectivity index (χ2n) is 7.23. The fourth-order valence-corrected chi connectivity index (χ4v) is 4.15. The number of nitrogens with zero attached hydrogens (tertiary/aromatic N) is 2. The van der Waals surface area contributed by atoms with Gasteiger partial charge in [-0.05, 0) is 49.6 Å². The van der Waals surface area contributed by atoms with E-state index in [2.05, 4.69) is 5.92 Å². The standard InChI is InChI=1S/C23H19Cl2FN2O3/c1-3-10-30-20-11-14(2)6-7-18(20)31-19-12-15(17(26)13-16(19)24)21-22(25)27-8-4-5-9-28(27)23(21)29/h1,6-7,11-13H,4-5,8-10H2,2H3. The van der Waals surface area contributed by atoms with Crippen LogP contribution in [-0.4, -0.2) is 16.0 Å². The lowest BCUT2D eigenvalue weighted by Crippen LogP contribution is -2.27. The van der Waals surface area contributed by atoms with E-state index >= 15 is 0 Å². The van der Waals surface area contributed by atoms with Crippen molar-refractivity contribution in [3.05, 3.63) is 62.2 Å². The Morgan fingerprint density at radius 2 is 1.84 bits per heavy atom. The molecule has 0 atom stereocenters. The molecule has 0 bridgehead atoms. The molecule has 0 saturated heterocycles. The first-order valence-corrected chi connectivity index (χ1v) is 10.5. The van der Waals surface area contributed by atoms with E-state index in [1.807, 2.05) is 13.0 Å². The third-order valence-electron chi connectivity index (χ3n) is 5.08. The minimum atomic E-state index is -0.660. The molecule has 0 spiro atoms. The number of fused-ring (bicyclic) bond motifs is 1. The number of rotatable bonds is 5. The highest BCUT2D eigenvalue weighted by Crippen LogP contribution is 2.40. The second kappa shape index (κ2) is 8.70. The summed E-state index contributed by atoms with van der Waals surface area (Å²) in [6.07, 6.45) is 7.05. The van der Waals surface area contributed by atoms with E-state index in [0.29, 0.717) is 24.6 Å². The summed E-state index contributed by atoms with van der Waals surface area (Å²) in [4.78, 5) is 12.9. The summed E-state index contributed by atoms with van der Waals surface area (Å²) in [5.74, 6) is 2.70. The molecule has 1 aliphatic heterocycles. The second-order valence-corrected chi connectivity index (χ2v) is 8.00. The zero-order valence-corrected chi connectivity index (χ0v) is 18.3. The van der Waals surface area contributed by atoms with E-state index in [-0.39, 0.29) is 39.2 Å². The van der Waals surface area contributed by atoms with E-state index in [9.17, 15) is 9.18 Å². The van der Waals surface area contributed by atoms with Gasteiger partial charge in [-0.1, -0.05) is 35.2 Å². The van der Waals surface area contributed by atoms with Crippen molar-refractivity contribution in [3.63, 3.8) is 0 Å². The van der Waals surface area contributed by atoms with Gasteiger partial charge >= 0.3 is 0 Å². The van der Waals surface area contributed by atoms with Crippen LogP contribution in [0.3, 0.4) is 0 Å². The zero-order chi connectivity index (χ0) is 22.1. The number of hydrogen-bond acceptors (Lipinski definition) is 3. The number of ether oxygens (including phenoxy) is 2. The molecule has 2 heterocycles. The molecule has 0 aliphatic carbocycles. The maximum atomic E-state index is 14.9. The molecule has 3 aromatic rings. The van der Waals surface area contributed by atoms with E-state index in [0.717, 1.165) is 24.5 Å². The molecule has 0 radical (unpaired) electrons. The maximum absolute atomic E-state index is 14.9. The number of hydrogen-bond donors (Lipinski definition) is 0. The SMILES string of the molecule is C#CCOc1cc(C)ccc1Oc1cc(-c2c(Cl)n3n(c2=O)CCCC3)c(F)cc1Cl. The van der Waals surface area contributed by atoms with Gasteiger partial charge in [-0.25, -0.2) is 9.07 Å². The first-order chi connectivity index (χ1) is 14.9. The number of aromatic nitrogens is 2. The summed E-state index contributed by atoms with van der Waals surface area (Å²) < 4.78 is 29.6. The van der Waals surface area contributed by atoms with Crippen LogP contribution in [0.15, 0.2) is 35.1 Å². The minimum Gasteiger partial charge on any atom is -0.477 e. The Labute approximate surface area is 188 Å². The Hall–Kier alpha value is -2.88. The molecule has 31 heavy (non-hydrogen) atoms. The van der Waals surface area contributed by atoms with Gasteiger partial charge in [-0.3, -0.25) is 9.48 Å². The smallest absolute Gasteiger partial charge is 0.276 e. The molecule has 2 aromatic carbocycles. The van der Waals surface area contributed by atoms with Gasteiger partial charge in [0.05, 0.1) is 10.6 Å². The monoisotopic (exact) mass is 460 g/mol. The molecule has 5 nitrogen and oxygen atoms in total. The Morgan fingerprint density at radius 1 is 1.10 bits per heavy atom. The Morgan fingerprint density at radius 3 is 2.55 bits per heavy atom. The van der Waals surface area contributed by atoms with Crippen LogP contribution in [-0.2, 0) is 13.1 Å². The van der Waals surface area contributed by atoms with Gasteiger partial charge in [0, 0.05) is 18.7 Å². The van der Waals surface area contributed by atoms with Gasteiger partial charge in [0.25, 0.3) is 5.56 Å². The van der Waals surface area contributed by atoms with Crippen molar-refractivity contribution >= 4 is 23.2 Å². The molecular formula is C23H19Cl2FN2O3. The van der Waals surface area contributed by atoms with Gasteiger partial charge < -0.3 is 9.47 Å². The van der Waals surface area contributed by atoms with Gasteiger partial charge in [0.1, 0.15) is 23.3 Å². The van der Waals surface area contributed by atoms with Crippen molar-refractivity contribution in [1.82, 2.24) is 9.36 Å². The molecular weight excluding hydrogens is 442 g/mol. The molecule has 0 fully saturated rings. The van der Waals surface area contributed by atoms with E-state index in [1.54, 1.807) is 21.5 Å². The lowest BCUT2D eigenvalue weighted by molar-refractivity contribution is 0.345. The number of halogens is 3. The third-order valence-corrected chi connectivity index (χ3v) is 5.76. The van der Waals surface area contributed by atoms with Crippen molar-refractivity contribution in [2.75, 3.05) is 6.61 Å². The fourth-order valence-electron chi connectivity index (χ4n) is 3.60. The predicted molar refractivity (Wildman–Crippen MR) is 119 cm³/mol. The Bertz CT molecular complexity index is 1260. The first-order valence-electron chi connectivity index (χ1n) is 9.74. The van der Waals surface area contributed by atoms with E-state index in [1.165, 1.54) is 6.07 Å². The quantitative estimate of drug-likeness (QED) is 0.460. The van der Waals surface area contributed by atoms with Crippen LogP contribution < -0.4 is 15.0 Å². The number of benzene rings is 2. The highest BCUT2D eigenvalue weighted by Gasteiger charge is 2.25. The van der Waals surface area contributed by atoms with Gasteiger partial charge in [-0.15, -0.1) is 6.42 Å². The lowest BCUT2D eigenvalue weighted by Gasteiger charge is -2.17. The van der Waals surface area contributed by atoms with Crippen molar-refractivity contribution in [1.29, 1.82) is 0 Å². The van der Waals surface area contributed by atoms with Crippen LogP contribution in [0.1, 0.15) is 18.4 Å². The average Bonchev–Trinajstić information content (AvgIpc) is 3.00. The molecule has 4 rings (SSSR count). The minimum absolute atomic E-state index is 0.0296. The fraction of sp³-hybridized carbons (Fsp3) is 0.261. The Kier molecular flexibility index (Phi) is 5.99. The van der Waals surface area contributed by atoms with Crippen molar-refractivity contribution in [3.8, 4) is 40.7 Å². The molecule has 0 unspecified atom stereocenters. The average molecular weight is 461 g/mol. The van der Waals surface area contributed by atoms with Gasteiger partial charge in [-0.2, -0.15) is 0 Å². The largest absolute Gasteiger partial charge is 0.477 e. The molecule has 8 heteroatoms. The summed E-state index contributed by atoms with van der Waals surface area (Å²) >= 11 is 12.7. The lowest BCUT2D eigenvalue weighted by atomic mass is 10.1. The zero-order valence-electron chi connectivity index (χ0n) is 16.8. The molecule has 0 amide bonds. The highest BCUT2D eigenvalue weighted by molar-refractivity contribution is 6.33. The summed E-state index contributed by atoms with van der Waals surface area (Å²) in [7, 11) is 0. The predicted octanol–water partition coefficient (Wildman–Crippen LogP) is 5.67. The van der Waals surface area contributed by atoms with Gasteiger partial charge in [0.2, 0.25) is 0 Å². The van der Waals surface area contributed by atoms with Crippen LogP contribution in [0.25, 0.3) is 11.1 Å². The summed E-state index contributed by atoms with van der Waals surface area (Å²) in [6, 6.07) is 7.81. The Balaban J connectivity index is 1.79. The summed E-state index contributed by atoms with van der Waals surface area (Å²) in [6.45, 7) is 3.10. The van der Waals surface area contributed by atoms with E-state index < -0.39 is 5.82 Å². The molecule has 1 aromatic heterocycles. The van der Waals surface area contributed by atoms with Crippen LogP contribution in [0.5, 0.6) is 17.2 Å². The third kappa shape index (κ3) is 4.04. The van der Waals surface area contributed by atoms with Crippen LogP contribution in [0.2, 0.25) is 10.2 Å². The topological polar surface area (TPSA) is 45.4 Å². The van der Waals surface area contributed by atoms with Crippen LogP contribution in [0.4, 0.5) is 4.39 Å². The van der Waals surface area contributed by atoms with Crippen molar-refractivity contribution in [2.24, 2.45) is 0 Å². The van der Waals surface area contributed by atoms with Crippen LogP contribution in [0, 0.1) is 25.1 Å². The summed E-state index contributed by atoms with van der Waals surface area (Å²) in [5, 5.41) is 0.246. The van der Waals surface area contributed by atoms with E-state index in [4.69, 9.17) is 39.1 Å². The maximum Gasteiger partial charge on any atom is 0.276 e. The molecule has 0 N–H and O–H groups in total. The molecule has 0 saturated carbocycles. The number of terminal acetylenes is 1. The van der Waals surface area contributed by atoms with Crippen molar-refractivity contribution < 1.29 is 13.9 Å². The normalized spacial score (nSPS) is 12.9. The van der Waals surface area contributed by atoms with Gasteiger partial charge in [0.15, 0.2) is 11.5 Å². The number of aryl methyl sites for hydroxylation is 1.